The van der Waals surface area contributed by atoms with Crippen LogP contribution in [0.25, 0.3) is 22.0 Å². The van der Waals surface area contributed by atoms with Gasteiger partial charge in [-0.1, -0.05) is 6.07 Å². The second-order valence-electron chi connectivity index (χ2n) is 7.79. The van der Waals surface area contributed by atoms with Gasteiger partial charge in [0.2, 0.25) is 0 Å². The Bertz CT molecular complexity index is 1030. The maximum absolute atomic E-state index is 12.7. The average Bonchev–Trinajstić information content (AvgIpc) is 3.19. The summed E-state index contributed by atoms with van der Waals surface area (Å²) in [5.74, 6) is 0.479. The van der Waals surface area contributed by atoms with E-state index < -0.39 is 0 Å². The Kier molecular flexibility index (Phi) is 4.01. The zero-order valence-electron chi connectivity index (χ0n) is 16.0. The molecule has 2 atom stereocenters. The minimum atomic E-state index is -0.0953. The van der Waals surface area contributed by atoms with E-state index in [4.69, 9.17) is 0 Å². The predicted octanol–water partition coefficient (Wildman–Crippen LogP) is 2.34. The second kappa shape index (κ2) is 6.56. The van der Waals surface area contributed by atoms with Crippen LogP contribution in [0.4, 0.5) is 10.6 Å². The summed E-state index contributed by atoms with van der Waals surface area (Å²) < 4.78 is 1.78. The molecule has 2 aliphatic heterocycles. The molecule has 2 unspecified atom stereocenters. The number of likely N-dealkylation sites (N-methyl/N-ethyl adjacent to an activating group) is 1. The van der Waals surface area contributed by atoms with Gasteiger partial charge in [-0.25, -0.2) is 4.79 Å². The van der Waals surface area contributed by atoms with Crippen LogP contribution in [-0.4, -0.2) is 68.0 Å². The highest BCUT2D eigenvalue weighted by Crippen LogP contribution is 2.29. The Labute approximate surface area is 163 Å². The van der Waals surface area contributed by atoms with E-state index in [0.29, 0.717) is 17.9 Å². The van der Waals surface area contributed by atoms with Gasteiger partial charge < -0.3 is 4.90 Å². The fourth-order valence-corrected chi connectivity index (χ4v) is 4.32. The molecular formula is C20H23N7O. The molecule has 2 saturated heterocycles. The Morgan fingerprint density at radius 1 is 1.07 bits per heavy atom. The monoisotopic (exact) mass is 377 g/mol. The number of rotatable bonds is 2. The summed E-state index contributed by atoms with van der Waals surface area (Å²) in [7, 11) is 4.06. The lowest BCUT2D eigenvalue weighted by molar-refractivity contribution is 0.110. The van der Waals surface area contributed by atoms with Crippen LogP contribution in [0.2, 0.25) is 0 Å². The number of likely N-dealkylation sites (tertiary alicyclic amines) is 1. The fourth-order valence-electron chi connectivity index (χ4n) is 4.32. The summed E-state index contributed by atoms with van der Waals surface area (Å²) in [6.07, 6.45) is 6.13. The van der Waals surface area contributed by atoms with Crippen molar-refractivity contribution in [3.05, 3.63) is 36.7 Å². The summed E-state index contributed by atoms with van der Waals surface area (Å²) >= 11 is 0. The van der Waals surface area contributed by atoms with E-state index in [1.54, 1.807) is 4.68 Å². The van der Waals surface area contributed by atoms with E-state index in [2.05, 4.69) is 32.6 Å². The lowest BCUT2D eigenvalue weighted by atomic mass is 10.1. The second-order valence-corrected chi connectivity index (χ2v) is 7.79. The van der Waals surface area contributed by atoms with E-state index in [0.717, 1.165) is 48.0 Å². The van der Waals surface area contributed by atoms with Crippen LogP contribution in [0.1, 0.15) is 12.8 Å². The number of carbonyl (C=O) groups excluding carboxylic acids is 1. The number of hydrogen-bond donors (Lipinski definition) is 1. The van der Waals surface area contributed by atoms with Gasteiger partial charge in [0.15, 0.2) is 5.82 Å². The third-order valence-electron chi connectivity index (χ3n) is 5.99. The number of anilines is 1. The third-order valence-corrected chi connectivity index (χ3v) is 5.99. The molecule has 1 N–H and O–H groups in total. The highest BCUT2D eigenvalue weighted by molar-refractivity contribution is 5.92. The van der Waals surface area contributed by atoms with Crippen molar-refractivity contribution in [3.63, 3.8) is 0 Å². The van der Waals surface area contributed by atoms with Gasteiger partial charge in [0.25, 0.3) is 0 Å². The molecule has 0 radical (unpaired) electrons. The zero-order chi connectivity index (χ0) is 19.3. The first kappa shape index (κ1) is 17.1. The van der Waals surface area contributed by atoms with Crippen LogP contribution in [0.15, 0.2) is 36.7 Å². The van der Waals surface area contributed by atoms with E-state index in [1.165, 1.54) is 0 Å². The molecule has 3 aromatic rings. The first-order valence-corrected chi connectivity index (χ1v) is 9.61. The molecular weight excluding hydrogens is 354 g/mol. The van der Waals surface area contributed by atoms with Crippen molar-refractivity contribution >= 4 is 22.8 Å². The molecule has 28 heavy (non-hydrogen) atoms. The van der Waals surface area contributed by atoms with Gasteiger partial charge >= 0.3 is 6.03 Å². The molecule has 2 bridgehead atoms. The summed E-state index contributed by atoms with van der Waals surface area (Å²) in [4.78, 5) is 17.0. The number of aromatic nitrogens is 4. The first-order chi connectivity index (χ1) is 13.6. The number of carbonyl (C=O) groups is 1. The van der Waals surface area contributed by atoms with Crippen molar-refractivity contribution in [2.45, 2.75) is 24.9 Å². The number of fused-ring (bicyclic) bond motifs is 3. The minimum absolute atomic E-state index is 0.0953. The van der Waals surface area contributed by atoms with E-state index in [-0.39, 0.29) is 6.03 Å². The molecule has 2 aromatic heterocycles. The van der Waals surface area contributed by atoms with Gasteiger partial charge in [0.1, 0.15) is 0 Å². The van der Waals surface area contributed by atoms with Crippen LogP contribution >= 0.6 is 0 Å². The number of amides is 2. The average molecular weight is 377 g/mol. The number of nitrogens with zero attached hydrogens (tertiary/aromatic N) is 6. The molecule has 2 amide bonds. The summed E-state index contributed by atoms with van der Waals surface area (Å²) in [5.41, 5.74) is 2.89. The molecule has 0 spiro atoms. The number of benzene rings is 1. The van der Waals surface area contributed by atoms with Crippen LogP contribution in [0.5, 0.6) is 0 Å². The molecule has 8 heteroatoms. The largest absolute Gasteiger partial charge is 0.323 e. The molecule has 1 aromatic carbocycles. The molecule has 2 aliphatic rings. The minimum Gasteiger partial charge on any atom is -0.321 e. The predicted molar refractivity (Wildman–Crippen MR) is 107 cm³/mol. The Morgan fingerprint density at radius 3 is 2.57 bits per heavy atom. The van der Waals surface area contributed by atoms with Crippen molar-refractivity contribution in [1.29, 1.82) is 0 Å². The maximum atomic E-state index is 12.7. The number of urea groups is 1. The van der Waals surface area contributed by atoms with E-state index >= 15 is 0 Å². The topological polar surface area (TPSA) is 79.2 Å². The van der Waals surface area contributed by atoms with Crippen molar-refractivity contribution in [2.75, 3.05) is 25.5 Å². The normalized spacial score (nSPS) is 22.0. The van der Waals surface area contributed by atoms with Crippen molar-refractivity contribution in [1.82, 2.24) is 29.8 Å². The van der Waals surface area contributed by atoms with Gasteiger partial charge in [0.05, 0.1) is 11.7 Å². The van der Waals surface area contributed by atoms with Crippen LogP contribution in [-0.2, 0) is 7.05 Å². The highest BCUT2D eigenvalue weighted by Gasteiger charge is 2.39. The molecule has 4 heterocycles. The Morgan fingerprint density at radius 2 is 1.86 bits per heavy atom. The lowest BCUT2D eigenvalue weighted by Gasteiger charge is -2.38. The van der Waals surface area contributed by atoms with Crippen LogP contribution in [0.3, 0.4) is 0 Å². The van der Waals surface area contributed by atoms with Crippen LogP contribution in [0, 0.1) is 0 Å². The van der Waals surface area contributed by atoms with Gasteiger partial charge in [0, 0.05) is 49.4 Å². The van der Waals surface area contributed by atoms with Gasteiger partial charge in [-0.2, -0.15) is 5.10 Å². The Hall–Kier alpha value is -3.00. The van der Waals surface area contributed by atoms with E-state index in [1.807, 2.05) is 48.6 Å². The van der Waals surface area contributed by atoms with Crippen molar-refractivity contribution < 1.29 is 4.79 Å². The molecule has 144 valence electrons. The lowest BCUT2D eigenvalue weighted by Crippen LogP contribution is -2.54. The smallest absolute Gasteiger partial charge is 0.321 e. The highest BCUT2D eigenvalue weighted by atomic mass is 16.2. The molecule has 5 rings (SSSR count). The van der Waals surface area contributed by atoms with Gasteiger partial charge in [-0.15, -0.1) is 10.2 Å². The quantitative estimate of drug-likeness (QED) is 0.742. The maximum Gasteiger partial charge on any atom is 0.323 e. The number of hydrogen-bond acceptors (Lipinski definition) is 5. The summed E-state index contributed by atoms with van der Waals surface area (Å²) in [6, 6.07) is 8.71. The number of piperazine rings is 1. The summed E-state index contributed by atoms with van der Waals surface area (Å²) in [5, 5.41) is 16.5. The SMILES string of the molecule is CN1C2CCC1CN(C(=O)Nc1cc3cc(-c4cnn(C)c4)ccc3nn1)C2. The van der Waals surface area contributed by atoms with Gasteiger partial charge in [-0.05, 0) is 43.7 Å². The van der Waals surface area contributed by atoms with E-state index in [9.17, 15) is 4.79 Å². The fraction of sp³-hybridized carbons (Fsp3) is 0.400. The zero-order valence-corrected chi connectivity index (χ0v) is 16.0. The molecule has 2 fully saturated rings. The third kappa shape index (κ3) is 2.99. The molecule has 0 saturated carbocycles. The number of aryl methyl sites for hydroxylation is 1. The summed E-state index contributed by atoms with van der Waals surface area (Å²) in [6.45, 7) is 1.54. The first-order valence-electron chi connectivity index (χ1n) is 9.61. The van der Waals surface area contributed by atoms with Gasteiger partial charge in [-0.3, -0.25) is 14.9 Å². The van der Waals surface area contributed by atoms with Crippen LogP contribution < -0.4 is 5.32 Å². The van der Waals surface area contributed by atoms with Crippen molar-refractivity contribution in [2.24, 2.45) is 7.05 Å². The molecule has 0 aliphatic carbocycles. The molecule has 8 nitrogen and oxygen atoms in total. The standard InChI is InChI=1S/C20H23N7O/c1-25-10-15(9-21-25)13-3-6-18-14(7-13)8-19(24-23-18)22-20(28)27-11-16-4-5-17(12-27)26(16)2/h3,6-10,16-17H,4-5,11-12H2,1-2H3,(H,22,24,28). The van der Waals surface area contributed by atoms with Crippen molar-refractivity contribution in [3.8, 4) is 11.1 Å². The Balaban J connectivity index is 1.36. The number of nitrogens with one attached hydrogen (secondary N) is 1.